The van der Waals surface area contributed by atoms with Crippen LogP contribution in [-0.2, 0) is 20.7 Å². The number of hydrogen-bond donors (Lipinski definition) is 0. The van der Waals surface area contributed by atoms with Crippen LogP contribution in [0.4, 0.5) is 5.69 Å². The van der Waals surface area contributed by atoms with E-state index in [-0.39, 0.29) is 56.5 Å². The predicted octanol–water partition coefficient (Wildman–Crippen LogP) is 8.25. The monoisotopic (exact) mass is 820 g/mol. The number of anilines is 1. The van der Waals surface area contributed by atoms with Crippen molar-refractivity contribution >= 4 is 87.9 Å². The first kappa shape index (κ1) is 32.3. The fourth-order valence-electron chi connectivity index (χ4n) is 7.56. The molecule has 2 amide bonds. The molecular weight excluding hydrogens is 792 g/mol. The third-order valence-corrected chi connectivity index (χ3v) is 13.6. The van der Waals surface area contributed by atoms with Gasteiger partial charge >= 0.3 is 5.97 Å². The maximum absolute atomic E-state index is 13.7. The summed E-state index contributed by atoms with van der Waals surface area (Å²) < 4.78 is 6.56. The van der Waals surface area contributed by atoms with Crippen LogP contribution in [0.3, 0.4) is 0 Å². The molecule has 10 heteroatoms. The fourth-order valence-corrected chi connectivity index (χ4v) is 9.94. The molecule has 2 saturated carbocycles. The van der Waals surface area contributed by atoms with Crippen LogP contribution in [0.5, 0.6) is 0 Å². The first-order chi connectivity index (χ1) is 22.5. The molecule has 3 aromatic carbocycles. The SMILES string of the molecule is CCc1cc(Br)cc2c(C(=O)OC(C)C(=O)c3ccc(C)cc3)cc(-c3ccc(N4C(=O)C5C6CC(C(Br)C6Br)C5C4=O)cc3)nc12. The van der Waals surface area contributed by atoms with E-state index in [2.05, 4.69) is 47.8 Å². The van der Waals surface area contributed by atoms with Crippen molar-refractivity contribution in [1.29, 1.82) is 0 Å². The number of halogens is 3. The van der Waals surface area contributed by atoms with Crippen LogP contribution in [0.2, 0.25) is 0 Å². The number of aryl methyl sites for hydroxylation is 2. The predicted molar refractivity (Wildman–Crippen MR) is 191 cm³/mol. The van der Waals surface area contributed by atoms with E-state index >= 15 is 0 Å². The van der Waals surface area contributed by atoms with E-state index in [0.717, 1.165) is 22.0 Å². The summed E-state index contributed by atoms with van der Waals surface area (Å²) in [5.74, 6) is -1.51. The number of amides is 2. The van der Waals surface area contributed by atoms with Gasteiger partial charge in [0.15, 0.2) is 6.10 Å². The summed E-state index contributed by atoms with van der Waals surface area (Å²) in [5.41, 5.74) is 5.15. The van der Waals surface area contributed by atoms with Crippen molar-refractivity contribution in [2.45, 2.75) is 49.4 Å². The Labute approximate surface area is 297 Å². The first-order valence-electron chi connectivity index (χ1n) is 15.7. The molecule has 3 aliphatic rings. The van der Waals surface area contributed by atoms with E-state index in [9.17, 15) is 19.2 Å². The van der Waals surface area contributed by atoms with Gasteiger partial charge in [-0.2, -0.15) is 0 Å². The van der Waals surface area contributed by atoms with Crippen molar-refractivity contribution in [3.63, 3.8) is 0 Å². The van der Waals surface area contributed by atoms with Crippen LogP contribution < -0.4 is 4.90 Å². The van der Waals surface area contributed by atoms with Gasteiger partial charge in [0.1, 0.15) is 0 Å². The number of esters is 1. The number of ether oxygens (including phenoxy) is 1. The highest BCUT2D eigenvalue weighted by Crippen LogP contribution is 2.60. The molecule has 2 bridgehead atoms. The molecule has 2 aliphatic carbocycles. The Kier molecular flexibility index (Phi) is 8.50. The van der Waals surface area contributed by atoms with Gasteiger partial charge in [0.25, 0.3) is 0 Å². The highest BCUT2D eigenvalue weighted by molar-refractivity contribution is 9.12. The van der Waals surface area contributed by atoms with Crippen molar-refractivity contribution < 1.29 is 23.9 Å². The molecule has 240 valence electrons. The Morgan fingerprint density at radius 3 is 2.15 bits per heavy atom. The molecular formula is C37H31Br3N2O5. The van der Waals surface area contributed by atoms with E-state index < -0.39 is 12.1 Å². The number of hydrogen-bond acceptors (Lipinski definition) is 6. The molecule has 0 N–H and O–H groups in total. The Bertz CT molecular complexity index is 1930. The van der Waals surface area contributed by atoms with E-state index in [1.165, 1.54) is 4.90 Å². The van der Waals surface area contributed by atoms with Crippen molar-refractivity contribution in [3.05, 3.63) is 93.5 Å². The van der Waals surface area contributed by atoms with Gasteiger partial charge in [-0.3, -0.25) is 19.3 Å². The van der Waals surface area contributed by atoms with Gasteiger partial charge in [0, 0.05) is 30.6 Å². The summed E-state index contributed by atoms with van der Waals surface area (Å²) in [5, 5.41) is 0.612. The Morgan fingerprint density at radius 2 is 1.55 bits per heavy atom. The molecule has 4 aromatic rings. The standard InChI is InChI=1S/C37H31Br3N2O5/c1-4-19-13-22(38)14-24-25(37(46)47-18(3)34(43)21-7-5-17(2)6-8-21)16-28(41-33(19)24)20-9-11-23(12-10-20)42-35(44)29-26-15-27(30(29)36(42)45)32(40)31(26)39/h5-14,16,18,26-27,29-32H,4,15H2,1-3H3. The van der Waals surface area contributed by atoms with Gasteiger partial charge < -0.3 is 4.74 Å². The number of alkyl halides is 2. The highest BCUT2D eigenvalue weighted by Gasteiger charge is 2.66. The summed E-state index contributed by atoms with van der Waals surface area (Å²) in [6, 6.07) is 19.8. The van der Waals surface area contributed by atoms with Crippen molar-refractivity contribution in [3.8, 4) is 11.3 Å². The molecule has 2 heterocycles. The Hall–Kier alpha value is -3.21. The molecule has 7 rings (SSSR count). The molecule has 0 radical (unpaired) electrons. The van der Waals surface area contributed by atoms with E-state index in [1.54, 1.807) is 37.3 Å². The van der Waals surface area contributed by atoms with Gasteiger partial charge in [0.2, 0.25) is 17.6 Å². The fraction of sp³-hybridized carbons (Fsp3) is 0.324. The lowest BCUT2D eigenvalue weighted by molar-refractivity contribution is -0.123. The molecule has 7 atom stereocenters. The maximum atomic E-state index is 13.7. The third kappa shape index (κ3) is 5.40. The molecule has 7 nitrogen and oxygen atoms in total. The van der Waals surface area contributed by atoms with Crippen molar-refractivity contribution in [1.82, 2.24) is 4.98 Å². The van der Waals surface area contributed by atoms with Gasteiger partial charge in [-0.05, 0) is 74.4 Å². The average molecular weight is 823 g/mol. The van der Waals surface area contributed by atoms with Crippen LogP contribution in [0.25, 0.3) is 22.2 Å². The number of fused-ring (bicyclic) bond motifs is 6. The number of ketones is 1. The molecule has 3 fully saturated rings. The molecule has 1 aliphatic heterocycles. The first-order valence-corrected chi connectivity index (χ1v) is 18.3. The smallest absolute Gasteiger partial charge is 0.339 e. The number of Topliss-reactive ketones (excluding diaryl/α,β-unsaturated/α-hetero) is 1. The number of carbonyl (C=O) groups is 4. The van der Waals surface area contributed by atoms with E-state index in [0.29, 0.717) is 39.8 Å². The summed E-state index contributed by atoms with van der Waals surface area (Å²) in [6.07, 6.45) is 0.550. The summed E-state index contributed by atoms with van der Waals surface area (Å²) in [6.45, 7) is 5.54. The Balaban J connectivity index is 1.21. The molecule has 7 unspecified atom stereocenters. The Morgan fingerprint density at radius 1 is 0.936 bits per heavy atom. The normalized spacial score (nSPS) is 25.4. The minimum Gasteiger partial charge on any atom is -0.451 e. The second kappa shape index (κ2) is 12.3. The number of benzene rings is 3. The van der Waals surface area contributed by atoms with Crippen molar-refractivity contribution in [2.24, 2.45) is 23.7 Å². The van der Waals surface area contributed by atoms with Crippen LogP contribution in [0.1, 0.15) is 52.1 Å². The quantitative estimate of drug-likeness (QED) is 0.0808. The number of carbonyl (C=O) groups excluding carboxylic acids is 4. The lowest BCUT2D eigenvalue weighted by Gasteiger charge is -2.28. The number of pyridine rings is 1. The zero-order chi connectivity index (χ0) is 33.3. The second-order valence-electron chi connectivity index (χ2n) is 12.7. The van der Waals surface area contributed by atoms with Crippen LogP contribution in [0, 0.1) is 30.6 Å². The number of nitrogens with zero attached hydrogens (tertiary/aromatic N) is 2. The summed E-state index contributed by atoms with van der Waals surface area (Å²) in [7, 11) is 0. The minimum atomic E-state index is -1.00. The lowest BCUT2D eigenvalue weighted by Crippen LogP contribution is -2.37. The van der Waals surface area contributed by atoms with Crippen molar-refractivity contribution in [2.75, 3.05) is 4.90 Å². The average Bonchev–Trinajstić information content (AvgIpc) is 3.68. The summed E-state index contributed by atoms with van der Waals surface area (Å²) in [4.78, 5) is 60.7. The lowest BCUT2D eigenvalue weighted by atomic mass is 9.81. The number of imide groups is 1. The topological polar surface area (TPSA) is 93.6 Å². The second-order valence-corrected chi connectivity index (χ2v) is 15.7. The zero-order valence-corrected chi connectivity index (χ0v) is 30.6. The maximum Gasteiger partial charge on any atom is 0.339 e. The minimum absolute atomic E-state index is 0.134. The van der Waals surface area contributed by atoms with Gasteiger partial charge in [-0.15, -0.1) is 0 Å². The molecule has 1 saturated heterocycles. The third-order valence-electron chi connectivity index (χ3n) is 9.96. The number of aromatic nitrogens is 1. The molecule has 0 spiro atoms. The van der Waals surface area contributed by atoms with E-state index in [4.69, 9.17) is 9.72 Å². The number of rotatable bonds is 7. The zero-order valence-electron chi connectivity index (χ0n) is 25.9. The van der Waals surface area contributed by atoms with Gasteiger partial charge in [-0.25, -0.2) is 9.78 Å². The molecule has 1 aromatic heterocycles. The van der Waals surface area contributed by atoms with Crippen LogP contribution in [-0.4, -0.2) is 44.3 Å². The van der Waals surface area contributed by atoms with E-state index in [1.807, 2.05) is 50.2 Å². The van der Waals surface area contributed by atoms with Crippen LogP contribution >= 0.6 is 47.8 Å². The highest BCUT2D eigenvalue weighted by atomic mass is 79.9. The molecule has 47 heavy (non-hydrogen) atoms. The largest absolute Gasteiger partial charge is 0.451 e. The van der Waals surface area contributed by atoms with Gasteiger partial charge in [-0.1, -0.05) is 96.7 Å². The van der Waals surface area contributed by atoms with Crippen LogP contribution in [0.15, 0.2) is 71.2 Å². The summed E-state index contributed by atoms with van der Waals surface area (Å²) >= 11 is 11.1. The van der Waals surface area contributed by atoms with Gasteiger partial charge in [0.05, 0.1) is 34.3 Å².